The van der Waals surface area contributed by atoms with Gasteiger partial charge in [0, 0.05) is 44.5 Å². The van der Waals surface area contributed by atoms with Crippen molar-refractivity contribution in [1.82, 2.24) is 20.2 Å². The molecule has 0 radical (unpaired) electrons. The molecule has 2 aliphatic heterocycles. The third-order valence-corrected chi connectivity index (χ3v) is 5.87. The zero-order valence-corrected chi connectivity index (χ0v) is 13.1. The van der Waals surface area contributed by atoms with Gasteiger partial charge in [0.15, 0.2) is 0 Å². The highest BCUT2D eigenvalue weighted by molar-refractivity contribution is 7.17. The summed E-state index contributed by atoms with van der Waals surface area (Å²) in [4.78, 5) is 34.8. The van der Waals surface area contributed by atoms with Crippen LogP contribution < -0.4 is 5.32 Å². The molecule has 4 heterocycles. The Kier molecular flexibility index (Phi) is 3.24. The van der Waals surface area contributed by atoms with Gasteiger partial charge in [-0.3, -0.25) is 9.59 Å². The molecule has 4 rings (SSSR count). The van der Waals surface area contributed by atoms with Crippen LogP contribution in [-0.4, -0.2) is 58.0 Å². The standard InChI is InChI=1S/C15H16N4O3S/c20-13(11-2-1-10(23-11)12-17-3-4-18-12)19-6-9-5-16-7-15(9,8-19)14(21)22/h1-4,9,16H,5-8H2,(H,17,18)(H,21,22)/t9-,15-/m1/s1. The molecule has 2 saturated heterocycles. The molecule has 2 atom stereocenters. The highest BCUT2D eigenvalue weighted by Gasteiger charge is 2.56. The number of carboxylic acids is 1. The number of thiophene rings is 1. The average molecular weight is 332 g/mol. The van der Waals surface area contributed by atoms with E-state index in [9.17, 15) is 14.7 Å². The molecule has 2 aromatic rings. The number of aromatic nitrogens is 2. The highest BCUT2D eigenvalue weighted by atomic mass is 32.1. The zero-order chi connectivity index (χ0) is 16.0. The number of nitrogens with one attached hydrogen (secondary N) is 2. The fraction of sp³-hybridized carbons (Fsp3) is 0.400. The van der Waals surface area contributed by atoms with Gasteiger partial charge < -0.3 is 20.3 Å². The maximum atomic E-state index is 12.7. The Balaban J connectivity index is 1.56. The summed E-state index contributed by atoms with van der Waals surface area (Å²) < 4.78 is 0. The Hall–Kier alpha value is -2.19. The van der Waals surface area contributed by atoms with Gasteiger partial charge in [-0.2, -0.15) is 0 Å². The molecular weight excluding hydrogens is 316 g/mol. The van der Waals surface area contributed by atoms with Crippen LogP contribution in [0.3, 0.4) is 0 Å². The molecule has 2 fully saturated rings. The molecule has 2 aliphatic rings. The molecule has 0 aliphatic carbocycles. The molecule has 2 aromatic heterocycles. The number of carboxylic acid groups (broad SMARTS) is 1. The van der Waals surface area contributed by atoms with E-state index in [0.29, 0.717) is 24.5 Å². The van der Waals surface area contributed by atoms with Crippen molar-refractivity contribution in [1.29, 1.82) is 0 Å². The first-order valence-electron chi connectivity index (χ1n) is 7.43. The largest absolute Gasteiger partial charge is 0.481 e. The number of imidazole rings is 1. The molecule has 0 saturated carbocycles. The Labute approximate surface area is 136 Å². The number of carbonyl (C=O) groups is 2. The molecule has 0 bridgehead atoms. The molecule has 0 spiro atoms. The van der Waals surface area contributed by atoms with E-state index in [2.05, 4.69) is 15.3 Å². The van der Waals surface area contributed by atoms with Crippen LogP contribution >= 0.6 is 11.3 Å². The number of H-pyrrole nitrogens is 1. The van der Waals surface area contributed by atoms with Crippen LogP contribution in [0.2, 0.25) is 0 Å². The molecule has 3 N–H and O–H groups in total. The van der Waals surface area contributed by atoms with E-state index >= 15 is 0 Å². The number of rotatable bonds is 3. The molecular formula is C15H16N4O3S. The van der Waals surface area contributed by atoms with Crippen molar-refractivity contribution in [3.8, 4) is 10.7 Å². The Morgan fingerprint density at radius 2 is 2.30 bits per heavy atom. The molecule has 23 heavy (non-hydrogen) atoms. The fourth-order valence-electron chi connectivity index (χ4n) is 3.51. The monoisotopic (exact) mass is 332 g/mol. The number of aliphatic carboxylic acids is 1. The van der Waals surface area contributed by atoms with E-state index in [1.807, 2.05) is 6.07 Å². The predicted octanol–water partition coefficient (Wildman–Crippen LogP) is 0.884. The maximum Gasteiger partial charge on any atom is 0.313 e. The van der Waals surface area contributed by atoms with E-state index in [1.165, 1.54) is 11.3 Å². The van der Waals surface area contributed by atoms with Crippen LogP contribution in [0.1, 0.15) is 9.67 Å². The van der Waals surface area contributed by atoms with Gasteiger partial charge in [-0.25, -0.2) is 4.98 Å². The summed E-state index contributed by atoms with van der Waals surface area (Å²) in [7, 11) is 0. The van der Waals surface area contributed by atoms with Gasteiger partial charge >= 0.3 is 5.97 Å². The lowest BCUT2D eigenvalue weighted by Gasteiger charge is -2.22. The molecule has 8 heteroatoms. The lowest BCUT2D eigenvalue weighted by Crippen LogP contribution is -2.41. The number of nitrogens with zero attached hydrogens (tertiary/aromatic N) is 2. The first-order chi connectivity index (χ1) is 11.1. The van der Waals surface area contributed by atoms with E-state index in [4.69, 9.17) is 0 Å². The Morgan fingerprint density at radius 3 is 3.00 bits per heavy atom. The van der Waals surface area contributed by atoms with Gasteiger partial charge in [0.05, 0.1) is 9.75 Å². The zero-order valence-electron chi connectivity index (χ0n) is 12.3. The third kappa shape index (κ3) is 2.17. The molecule has 1 amide bonds. The van der Waals surface area contributed by atoms with E-state index in [0.717, 1.165) is 10.7 Å². The van der Waals surface area contributed by atoms with Crippen molar-refractivity contribution in [2.45, 2.75) is 0 Å². The van der Waals surface area contributed by atoms with Crippen LogP contribution in [0.15, 0.2) is 24.5 Å². The molecule has 0 unspecified atom stereocenters. The van der Waals surface area contributed by atoms with Crippen LogP contribution in [0.25, 0.3) is 10.7 Å². The fourth-order valence-corrected chi connectivity index (χ4v) is 4.45. The van der Waals surface area contributed by atoms with Gasteiger partial charge in [0.2, 0.25) is 0 Å². The smallest absolute Gasteiger partial charge is 0.313 e. The van der Waals surface area contributed by atoms with Crippen LogP contribution in [0.4, 0.5) is 0 Å². The van der Waals surface area contributed by atoms with Crippen LogP contribution in [0, 0.1) is 11.3 Å². The summed E-state index contributed by atoms with van der Waals surface area (Å²) in [6.45, 7) is 1.84. The topological polar surface area (TPSA) is 98.3 Å². The molecule has 0 aromatic carbocycles. The maximum absolute atomic E-state index is 12.7. The minimum absolute atomic E-state index is 0.0199. The SMILES string of the molecule is O=C(c1ccc(-c2ncc[nH]2)s1)N1C[C@H]2CNC[C@@]2(C(=O)O)C1. The number of amides is 1. The van der Waals surface area contributed by atoms with E-state index < -0.39 is 11.4 Å². The summed E-state index contributed by atoms with van der Waals surface area (Å²) in [5, 5.41) is 12.7. The van der Waals surface area contributed by atoms with Crippen molar-refractivity contribution >= 4 is 23.2 Å². The molecule has 7 nitrogen and oxygen atoms in total. The van der Waals surface area contributed by atoms with Crippen molar-refractivity contribution in [2.75, 3.05) is 26.2 Å². The summed E-state index contributed by atoms with van der Waals surface area (Å²) in [6.07, 6.45) is 3.41. The summed E-state index contributed by atoms with van der Waals surface area (Å²) in [5.41, 5.74) is -0.837. The van der Waals surface area contributed by atoms with Gasteiger partial charge in [0.1, 0.15) is 11.2 Å². The second-order valence-electron chi connectivity index (χ2n) is 6.08. The minimum Gasteiger partial charge on any atom is -0.481 e. The quantitative estimate of drug-likeness (QED) is 0.775. The number of hydrogen-bond donors (Lipinski definition) is 3. The number of hydrogen-bond acceptors (Lipinski definition) is 5. The number of likely N-dealkylation sites (tertiary alicyclic amines) is 1. The highest BCUT2D eigenvalue weighted by Crippen LogP contribution is 2.40. The first-order valence-corrected chi connectivity index (χ1v) is 8.25. The summed E-state index contributed by atoms with van der Waals surface area (Å²) >= 11 is 1.37. The number of carbonyl (C=O) groups excluding carboxylic acids is 1. The van der Waals surface area contributed by atoms with Crippen molar-refractivity contribution in [3.05, 3.63) is 29.4 Å². The predicted molar refractivity (Wildman–Crippen MR) is 84.2 cm³/mol. The lowest BCUT2D eigenvalue weighted by molar-refractivity contribution is -0.148. The van der Waals surface area contributed by atoms with Gasteiger partial charge in [-0.1, -0.05) is 0 Å². The number of aromatic amines is 1. The lowest BCUT2D eigenvalue weighted by atomic mass is 9.81. The van der Waals surface area contributed by atoms with Crippen molar-refractivity contribution < 1.29 is 14.7 Å². The van der Waals surface area contributed by atoms with Crippen molar-refractivity contribution in [3.63, 3.8) is 0 Å². The van der Waals surface area contributed by atoms with E-state index in [-0.39, 0.29) is 18.4 Å². The van der Waals surface area contributed by atoms with E-state index in [1.54, 1.807) is 23.4 Å². The first kappa shape index (κ1) is 14.4. The van der Waals surface area contributed by atoms with Gasteiger partial charge in [-0.15, -0.1) is 11.3 Å². The Morgan fingerprint density at radius 1 is 1.43 bits per heavy atom. The Bertz CT molecular complexity index is 757. The third-order valence-electron chi connectivity index (χ3n) is 4.79. The number of fused-ring (bicyclic) bond motifs is 1. The normalized spacial score (nSPS) is 26.4. The minimum atomic E-state index is -0.837. The second-order valence-corrected chi connectivity index (χ2v) is 7.16. The summed E-state index contributed by atoms with van der Waals surface area (Å²) in [5.74, 6) is -0.194. The summed E-state index contributed by atoms with van der Waals surface area (Å²) in [6, 6.07) is 3.65. The average Bonchev–Trinajstić information content (AvgIpc) is 3.27. The van der Waals surface area contributed by atoms with Gasteiger partial charge in [0.25, 0.3) is 5.91 Å². The second kappa shape index (κ2) is 5.17. The van der Waals surface area contributed by atoms with Gasteiger partial charge in [-0.05, 0) is 12.1 Å². The van der Waals surface area contributed by atoms with Crippen LogP contribution in [-0.2, 0) is 4.79 Å². The molecule has 120 valence electrons. The van der Waals surface area contributed by atoms with Crippen LogP contribution in [0.5, 0.6) is 0 Å². The van der Waals surface area contributed by atoms with Crippen molar-refractivity contribution in [2.24, 2.45) is 11.3 Å².